The van der Waals surface area contributed by atoms with Crippen molar-refractivity contribution in [1.82, 2.24) is 15.3 Å². The van der Waals surface area contributed by atoms with E-state index in [9.17, 15) is 9.59 Å². The van der Waals surface area contributed by atoms with Gasteiger partial charge in [-0.05, 0) is 58.8 Å². The highest BCUT2D eigenvalue weighted by atomic mass is 16.6. The Morgan fingerprint density at radius 1 is 1.25 bits per heavy atom. The lowest BCUT2D eigenvalue weighted by molar-refractivity contribution is 0.0442. The van der Waals surface area contributed by atoms with Gasteiger partial charge in [-0.1, -0.05) is 6.42 Å². The maximum atomic E-state index is 12.3. The third kappa shape index (κ3) is 4.45. The fraction of sp³-hybridized carbons (Fsp3) is 0.714. The molecule has 2 aliphatic rings. The zero-order valence-corrected chi connectivity index (χ0v) is 17.7. The van der Waals surface area contributed by atoms with Crippen molar-refractivity contribution in [3.8, 4) is 0 Å². The van der Waals surface area contributed by atoms with Crippen LogP contribution in [0.3, 0.4) is 0 Å². The summed E-state index contributed by atoms with van der Waals surface area (Å²) in [7, 11) is 0. The Morgan fingerprint density at radius 3 is 2.54 bits per heavy atom. The van der Waals surface area contributed by atoms with E-state index in [1.807, 2.05) is 27.7 Å². The van der Waals surface area contributed by atoms with E-state index in [4.69, 9.17) is 4.74 Å². The smallest absolute Gasteiger partial charge is 0.407 e. The summed E-state index contributed by atoms with van der Waals surface area (Å²) in [6, 6.07) is 0.139. The minimum absolute atomic E-state index is 0.0619. The minimum Gasteiger partial charge on any atom is -0.444 e. The van der Waals surface area contributed by atoms with Gasteiger partial charge in [0.1, 0.15) is 11.3 Å². The normalized spacial score (nSPS) is 21.6. The van der Waals surface area contributed by atoms with E-state index in [2.05, 4.69) is 20.2 Å². The number of hydrogen-bond acceptors (Lipinski definition) is 6. The van der Waals surface area contributed by atoms with Crippen LogP contribution in [0.5, 0.6) is 0 Å². The number of aryl methyl sites for hydroxylation is 1. The number of rotatable bonds is 3. The number of nitrogens with one attached hydrogen (secondary N) is 1. The van der Waals surface area contributed by atoms with Gasteiger partial charge >= 0.3 is 6.09 Å². The number of anilines is 1. The van der Waals surface area contributed by atoms with Gasteiger partial charge in [0.15, 0.2) is 11.6 Å². The largest absolute Gasteiger partial charge is 0.444 e. The number of aromatic nitrogens is 2. The number of Topliss-reactive ketones (excluding diaryl/α,β-unsaturated/α-hetero) is 1. The summed E-state index contributed by atoms with van der Waals surface area (Å²) in [5.74, 6) is 0.630. The number of piperidine rings is 1. The van der Waals surface area contributed by atoms with Crippen LogP contribution in [-0.2, 0) is 4.74 Å². The van der Waals surface area contributed by atoms with Crippen molar-refractivity contribution in [2.75, 3.05) is 18.0 Å². The van der Waals surface area contributed by atoms with Crippen molar-refractivity contribution in [3.05, 3.63) is 17.6 Å². The molecule has 1 saturated heterocycles. The molecule has 1 aliphatic heterocycles. The molecule has 1 aromatic heterocycles. The number of carbonyl (C=O) groups excluding carboxylic acids is 2. The molecule has 2 fully saturated rings. The fourth-order valence-electron chi connectivity index (χ4n) is 4.51. The first-order chi connectivity index (χ1) is 13.1. The van der Waals surface area contributed by atoms with Crippen LogP contribution in [0.1, 0.15) is 76.0 Å². The molecule has 2 heterocycles. The number of ether oxygens (including phenoxy) is 1. The van der Waals surface area contributed by atoms with Crippen molar-refractivity contribution in [2.45, 2.75) is 78.4 Å². The zero-order valence-electron chi connectivity index (χ0n) is 17.7. The number of hydrogen-bond donors (Lipinski definition) is 1. The highest BCUT2D eigenvalue weighted by Crippen LogP contribution is 2.47. The molecule has 7 nitrogen and oxygen atoms in total. The van der Waals surface area contributed by atoms with Crippen LogP contribution in [0.25, 0.3) is 0 Å². The third-order valence-corrected chi connectivity index (χ3v) is 5.86. The van der Waals surface area contributed by atoms with E-state index in [0.29, 0.717) is 11.5 Å². The summed E-state index contributed by atoms with van der Waals surface area (Å²) in [4.78, 5) is 35.3. The molecule has 1 saturated carbocycles. The SMILES string of the molecule is CC(=O)c1ncc(C)nc1N1CCC2(CCC[C@H]2NC(=O)OC(C)(C)C)CC1. The first-order valence-electron chi connectivity index (χ1n) is 10.2. The molecule has 3 rings (SSSR count). The summed E-state index contributed by atoms with van der Waals surface area (Å²) in [5, 5.41) is 3.13. The topological polar surface area (TPSA) is 84.4 Å². The maximum Gasteiger partial charge on any atom is 0.407 e. The van der Waals surface area contributed by atoms with Crippen LogP contribution in [0.15, 0.2) is 6.20 Å². The molecule has 1 spiro atoms. The molecule has 1 N–H and O–H groups in total. The summed E-state index contributed by atoms with van der Waals surface area (Å²) in [6.07, 6.45) is 6.45. The second-order valence-corrected chi connectivity index (χ2v) is 9.18. The average Bonchev–Trinajstić information content (AvgIpc) is 2.95. The van der Waals surface area contributed by atoms with Gasteiger partial charge in [0.25, 0.3) is 0 Å². The van der Waals surface area contributed by atoms with Gasteiger partial charge in [0.05, 0.1) is 5.69 Å². The molecule has 0 aromatic carbocycles. The predicted molar refractivity (Wildman–Crippen MR) is 108 cm³/mol. The summed E-state index contributed by atoms with van der Waals surface area (Å²) in [6.45, 7) is 10.7. The van der Waals surface area contributed by atoms with Gasteiger partial charge in [-0.25, -0.2) is 14.8 Å². The molecule has 1 aliphatic carbocycles. The van der Waals surface area contributed by atoms with Crippen LogP contribution >= 0.6 is 0 Å². The monoisotopic (exact) mass is 388 g/mol. The first-order valence-corrected chi connectivity index (χ1v) is 10.2. The Bertz CT molecular complexity index is 749. The van der Waals surface area contributed by atoms with E-state index in [0.717, 1.165) is 50.9 Å². The fourth-order valence-corrected chi connectivity index (χ4v) is 4.51. The second-order valence-electron chi connectivity index (χ2n) is 9.18. The highest BCUT2D eigenvalue weighted by molar-refractivity contribution is 5.96. The molecule has 1 atom stereocenters. The molecule has 7 heteroatoms. The Hall–Kier alpha value is -2.18. The Kier molecular flexibility index (Phi) is 5.64. The number of ketones is 1. The van der Waals surface area contributed by atoms with Crippen LogP contribution < -0.4 is 10.2 Å². The van der Waals surface area contributed by atoms with Gasteiger partial charge in [-0.15, -0.1) is 0 Å². The van der Waals surface area contributed by atoms with Crippen molar-refractivity contribution in [1.29, 1.82) is 0 Å². The van der Waals surface area contributed by atoms with E-state index in [-0.39, 0.29) is 23.3 Å². The van der Waals surface area contributed by atoms with Crippen LogP contribution in [0.2, 0.25) is 0 Å². The first kappa shape index (κ1) is 20.6. The van der Waals surface area contributed by atoms with Crippen LogP contribution in [0, 0.1) is 12.3 Å². The van der Waals surface area contributed by atoms with Gasteiger partial charge in [-0.2, -0.15) is 0 Å². The summed E-state index contributed by atoms with van der Waals surface area (Å²) in [5.41, 5.74) is 0.856. The van der Waals surface area contributed by atoms with E-state index < -0.39 is 5.60 Å². The summed E-state index contributed by atoms with van der Waals surface area (Å²) < 4.78 is 5.46. The Morgan fingerprint density at radius 2 is 1.93 bits per heavy atom. The zero-order chi connectivity index (χ0) is 20.5. The molecule has 0 radical (unpaired) electrons. The average molecular weight is 389 g/mol. The quantitative estimate of drug-likeness (QED) is 0.796. The van der Waals surface area contributed by atoms with Crippen LogP contribution in [-0.4, -0.2) is 46.6 Å². The molecule has 0 unspecified atom stereocenters. The summed E-state index contributed by atoms with van der Waals surface area (Å²) >= 11 is 0. The lowest BCUT2D eigenvalue weighted by atomic mass is 9.74. The van der Waals surface area contributed by atoms with Crippen molar-refractivity contribution >= 4 is 17.7 Å². The molecular weight excluding hydrogens is 356 g/mol. The molecule has 1 amide bonds. The molecule has 0 bridgehead atoms. The predicted octanol–water partition coefficient (Wildman–Crippen LogP) is 3.65. The molecule has 154 valence electrons. The molecule has 28 heavy (non-hydrogen) atoms. The van der Waals surface area contributed by atoms with Crippen LogP contribution in [0.4, 0.5) is 10.6 Å². The number of amides is 1. The Labute approximate surface area is 167 Å². The number of nitrogens with zero attached hydrogens (tertiary/aromatic N) is 3. The van der Waals surface area contributed by atoms with E-state index in [1.54, 1.807) is 6.20 Å². The minimum atomic E-state index is -0.494. The Balaban J connectivity index is 1.69. The van der Waals surface area contributed by atoms with Gasteiger partial charge in [0, 0.05) is 32.3 Å². The van der Waals surface area contributed by atoms with Gasteiger partial charge in [-0.3, -0.25) is 4.79 Å². The third-order valence-electron chi connectivity index (χ3n) is 5.86. The van der Waals surface area contributed by atoms with Gasteiger partial charge in [0.2, 0.25) is 0 Å². The standard InChI is InChI=1S/C21H32N4O3/c1-14-13-22-17(15(2)26)18(23-14)25-11-9-21(10-12-25)8-6-7-16(21)24-19(27)28-20(3,4)5/h13,16H,6-12H2,1-5H3,(H,24,27)/t16-/m1/s1. The van der Waals surface area contributed by atoms with Crippen molar-refractivity contribution in [3.63, 3.8) is 0 Å². The van der Waals surface area contributed by atoms with Gasteiger partial charge < -0.3 is 15.0 Å². The number of carbonyl (C=O) groups is 2. The molecule has 1 aromatic rings. The van der Waals surface area contributed by atoms with Crippen molar-refractivity contribution in [2.24, 2.45) is 5.41 Å². The van der Waals surface area contributed by atoms with E-state index >= 15 is 0 Å². The number of alkyl carbamates (subject to hydrolysis) is 1. The van der Waals surface area contributed by atoms with E-state index in [1.165, 1.54) is 6.92 Å². The second kappa shape index (κ2) is 7.68. The molecular formula is C21H32N4O3. The lowest BCUT2D eigenvalue weighted by Crippen LogP contribution is -2.51. The highest BCUT2D eigenvalue weighted by Gasteiger charge is 2.46. The maximum absolute atomic E-state index is 12.3. The van der Waals surface area contributed by atoms with Crippen molar-refractivity contribution < 1.29 is 14.3 Å². The lowest BCUT2D eigenvalue weighted by Gasteiger charge is -2.44.